The van der Waals surface area contributed by atoms with Crippen LogP contribution in [0.1, 0.15) is 40.9 Å². The quantitative estimate of drug-likeness (QED) is 0.792. The number of carbonyl (C=O) groups is 1. The van der Waals surface area contributed by atoms with Crippen LogP contribution in [0.15, 0.2) is 48.5 Å². The number of amides is 1. The number of carbonyl (C=O) groups excluding carboxylic acids is 1. The highest BCUT2D eigenvalue weighted by molar-refractivity contribution is 7.80. The Hall–Kier alpha value is -2.40. The lowest BCUT2D eigenvalue weighted by atomic mass is 10.0. The van der Waals surface area contributed by atoms with Crippen molar-refractivity contribution in [2.24, 2.45) is 0 Å². The average molecular weight is 356 g/mol. The normalized spacial score (nSPS) is 11.5. The molecule has 0 fully saturated rings. The maximum absolute atomic E-state index is 11.9. The number of hydrogen-bond donors (Lipinski definition) is 2. The summed E-state index contributed by atoms with van der Waals surface area (Å²) in [5.74, 6) is -0.0160. The minimum absolute atomic E-state index is 0.0160. The van der Waals surface area contributed by atoms with Crippen LogP contribution in [0.3, 0.4) is 0 Å². The number of nitrogens with zero attached hydrogens (tertiary/aromatic N) is 1. The van der Waals surface area contributed by atoms with Crippen molar-refractivity contribution in [2.45, 2.75) is 26.3 Å². The zero-order valence-corrected chi connectivity index (χ0v) is 16.0. The van der Waals surface area contributed by atoms with Gasteiger partial charge in [-0.1, -0.05) is 36.8 Å². The standard InChI is InChI=1S/C20H25N3OS/c1-5-18(15-8-6-14(2)7-9-15)22-20(25)21-17-12-10-16(11-13-17)19(24)23(3)4/h6-13,18H,5H2,1-4H3,(H2,21,22,25)/t18-/m1/s1. The van der Waals surface area contributed by atoms with Crippen molar-refractivity contribution in [3.8, 4) is 0 Å². The first-order valence-corrected chi connectivity index (χ1v) is 8.77. The number of rotatable bonds is 5. The molecule has 0 saturated heterocycles. The molecule has 0 aromatic heterocycles. The van der Waals surface area contributed by atoms with Gasteiger partial charge in [0.2, 0.25) is 0 Å². The summed E-state index contributed by atoms with van der Waals surface area (Å²) in [5.41, 5.74) is 3.96. The highest BCUT2D eigenvalue weighted by atomic mass is 32.1. The van der Waals surface area contributed by atoms with Crippen molar-refractivity contribution in [3.05, 3.63) is 65.2 Å². The molecule has 132 valence electrons. The molecule has 1 amide bonds. The Morgan fingerprint density at radius 1 is 1.08 bits per heavy atom. The second-order valence-corrected chi connectivity index (χ2v) is 6.66. The van der Waals surface area contributed by atoms with Gasteiger partial charge in [0.25, 0.3) is 5.91 Å². The summed E-state index contributed by atoms with van der Waals surface area (Å²) in [6.07, 6.45) is 0.932. The van der Waals surface area contributed by atoms with Gasteiger partial charge in [0.1, 0.15) is 0 Å². The summed E-state index contributed by atoms with van der Waals surface area (Å²) in [4.78, 5) is 13.5. The highest BCUT2D eigenvalue weighted by Gasteiger charge is 2.11. The van der Waals surface area contributed by atoms with Crippen LogP contribution in [0.25, 0.3) is 0 Å². The summed E-state index contributed by atoms with van der Waals surface area (Å²) in [7, 11) is 3.48. The number of nitrogens with one attached hydrogen (secondary N) is 2. The molecule has 0 bridgehead atoms. The lowest BCUT2D eigenvalue weighted by Crippen LogP contribution is -2.32. The molecule has 2 aromatic rings. The molecule has 0 spiro atoms. The van der Waals surface area contributed by atoms with Gasteiger partial charge in [-0.2, -0.15) is 0 Å². The SMILES string of the molecule is CC[C@@H](NC(=S)Nc1ccc(C(=O)N(C)C)cc1)c1ccc(C)cc1. The van der Waals surface area contributed by atoms with E-state index in [1.165, 1.54) is 11.1 Å². The fourth-order valence-corrected chi connectivity index (χ4v) is 2.76. The van der Waals surface area contributed by atoms with E-state index in [2.05, 4.69) is 48.7 Å². The van der Waals surface area contributed by atoms with Crippen molar-refractivity contribution in [1.29, 1.82) is 0 Å². The number of aryl methyl sites for hydroxylation is 1. The van der Waals surface area contributed by atoms with E-state index in [9.17, 15) is 4.79 Å². The van der Waals surface area contributed by atoms with Crippen molar-refractivity contribution in [3.63, 3.8) is 0 Å². The second kappa shape index (κ2) is 8.62. The van der Waals surface area contributed by atoms with Crippen LogP contribution < -0.4 is 10.6 Å². The van der Waals surface area contributed by atoms with Crippen molar-refractivity contribution in [2.75, 3.05) is 19.4 Å². The van der Waals surface area contributed by atoms with Gasteiger partial charge in [-0.15, -0.1) is 0 Å². The zero-order chi connectivity index (χ0) is 18.4. The summed E-state index contributed by atoms with van der Waals surface area (Å²) >= 11 is 5.43. The van der Waals surface area contributed by atoms with Crippen LogP contribution in [0, 0.1) is 6.92 Å². The minimum Gasteiger partial charge on any atom is -0.356 e. The lowest BCUT2D eigenvalue weighted by Gasteiger charge is -2.20. The number of anilines is 1. The smallest absolute Gasteiger partial charge is 0.253 e. The Balaban J connectivity index is 1.99. The van der Waals surface area contributed by atoms with Crippen LogP contribution in [0.5, 0.6) is 0 Å². The third kappa shape index (κ3) is 5.29. The maximum atomic E-state index is 11.9. The van der Waals surface area contributed by atoms with E-state index >= 15 is 0 Å². The van der Waals surface area contributed by atoms with Crippen LogP contribution in [0.4, 0.5) is 5.69 Å². The van der Waals surface area contributed by atoms with Gasteiger partial charge in [-0.25, -0.2) is 0 Å². The predicted molar refractivity (Wildman–Crippen MR) is 108 cm³/mol. The van der Waals surface area contributed by atoms with Gasteiger partial charge < -0.3 is 15.5 Å². The van der Waals surface area contributed by atoms with Crippen LogP contribution in [-0.2, 0) is 0 Å². The van der Waals surface area contributed by atoms with Crippen molar-refractivity contribution >= 4 is 28.9 Å². The van der Waals surface area contributed by atoms with Crippen LogP contribution >= 0.6 is 12.2 Å². The van der Waals surface area contributed by atoms with E-state index in [0.717, 1.165) is 12.1 Å². The maximum Gasteiger partial charge on any atom is 0.253 e. The Bertz CT molecular complexity index is 724. The molecule has 2 rings (SSSR count). The molecule has 5 heteroatoms. The van der Waals surface area contributed by atoms with Crippen molar-refractivity contribution < 1.29 is 4.79 Å². The van der Waals surface area contributed by atoms with Crippen LogP contribution in [0.2, 0.25) is 0 Å². The van der Waals surface area contributed by atoms with Gasteiger partial charge in [-0.3, -0.25) is 4.79 Å². The molecular weight excluding hydrogens is 330 g/mol. The lowest BCUT2D eigenvalue weighted by molar-refractivity contribution is 0.0827. The summed E-state index contributed by atoms with van der Waals surface area (Å²) in [6, 6.07) is 15.9. The molecule has 25 heavy (non-hydrogen) atoms. The number of hydrogen-bond acceptors (Lipinski definition) is 2. The monoisotopic (exact) mass is 355 g/mol. The van der Waals surface area contributed by atoms with E-state index in [1.54, 1.807) is 31.1 Å². The molecule has 0 heterocycles. The van der Waals surface area contributed by atoms with E-state index in [1.807, 2.05) is 12.1 Å². The van der Waals surface area contributed by atoms with Gasteiger partial charge >= 0.3 is 0 Å². The fraction of sp³-hybridized carbons (Fsp3) is 0.300. The first-order valence-electron chi connectivity index (χ1n) is 8.36. The molecule has 0 saturated carbocycles. The topological polar surface area (TPSA) is 44.4 Å². The molecule has 2 N–H and O–H groups in total. The Kier molecular flexibility index (Phi) is 6.53. The first-order chi connectivity index (χ1) is 11.9. The van der Waals surface area contributed by atoms with Gasteiger partial charge in [-0.05, 0) is 55.4 Å². The third-order valence-electron chi connectivity index (χ3n) is 3.99. The number of benzene rings is 2. The van der Waals surface area contributed by atoms with E-state index in [-0.39, 0.29) is 11.9 Å². The third-order valence-corrected chi connectivity index (χ3v) is 4.21. The number of thiocarbonyl (C=S) groups is 1. The molecule has 0 aliphatic heterocycles. The van der Waals surface area contributed by atoms with E-state index < -0.39 is 0 Å². The summed E-state index contributed by atoms with van der Waals surface area (Å²) < 4.78 is 0. The minimum atomic E-state index is -0.0160. The zero-order valence-electron chi connectivity index (χ0n) is 15.2. The molecule has 1 atom stereocenters. The molecule has 2 aromatic carbocycles. The Morgan fingerprint density at radius 2 is 1.68 bits per heavy atom. The van der Waals surface area contributed by atoms with Gasteiger partial charge in [0.05, 0.1) is 6.04 Å². The summed E-state index contributed by atoms with van der Waals surface area (Å²) in [6.45, 7) is 4.21. The van der Waals surface area contributed by atoms with Crippen LogP contribution in [-0.4, -0.2) is 30.0 Å². The predicted octanol–water partition coefficient (Wildman–Crippen LogP) is 4.13. The Labute approximate surface area is 155 Å². The highest BCUT2D eigenvalue weighted by Crippen LogP contribution is 2.18. The fourth-order valence-electron chi connectivity index (χ4n) is 2.50. The molecule has 4 nitrogen and oxygen atoms in total. The molecule has 0 unspecified atom stereocenters. The van der Waals surface area contributed by atoms with Gasteiger partial charge in [0, 0.05) is 25.3 Å². The molecule has 0 aliphatic rings. The second-order valence-electron chi connectivity index (χ2n) is 6.25. The van der Waals surface area contributed by atoms with Crippen molar-refractivity contribution in [1.82, 2.24) is 10.2 Å². The molecular formula is C20H25N3OS. The summed E-state index contributed by atoms with van der Waals surface area (Å²) in [5, 5.41) is 7.10. The molecule has 0 aliphatic carbocycles. The largest absolute Gasteiger partial charge is 0.356 e. The van der Waals surface area contributed by atoms with Gasteiger partial charge in [0.15, 0.2) is 5.11 Å². The van der Waals surface area contributed by atoms with E-state index in [4.69, 9.17) is 12.2 Å². The average Bonchev–Trinajstić information content (AvgIpc) is 2.60. The Morgan fingerprint density at radius 3 is 2.20 bits per heavy atom. The molecule has 0 radical (unpaired) electrons. The first kappa shape index (κ1) is 18.9. The van der Waals surface area contributed by atoms with E-state index in [0.29, 0.717) is 10.7 Å².